The monoisotopic (exact) mass is 424 g/mol. The van der Waals surface area contributed by atoms with Crippen LogP contribution in [0.2, 0.25) is 5.02 Å². The maximum atomic E-state index is 12.1. The van der Waals surface area contributed by atoms with E-state index in [0.29, 0.717) is 34.4 Å². The molecule has 0 saturated heterocycles. The quantitative estimate of drug-likeness (QED) is 0.420. The Balaban J connectivity index is 1.60. The highest BCUT2D eigenvalue weighted by molar-refractivity contribution is 6.30. The van der Waals surface area contributed by atoms with Crippen LogP contribution in [0, 0.1) is 0 Å². The molecule has 0 aliphatic heterocycles. The van der Waals surface area contributed by atoms with Crippen LogP contribution in [0.1, 0.15) is 21.5 Å². The fraction of sp³-hybridized carbons (Fsp3) is 0.130. The van der Waals surface area contributed by atoms with Crippen molar-refractivity contribution < 1.29 is 19.0 Å². The van der Waals surface area contributed by atoms with Crippen molar-refractivity contribution in [2.75, 3.05) is 14.2 Å². The molecule has 0 atom stereocenters. The molecule has 3 aromatic carbocycles. The van der Waals surface area contributed by atoms with Crippen LogP contribution in [0.5, 0.6) is 17.2 Å². The summed E-state index contributed by atoms with van der Waals surface area (Å²) in [6, 6.07) is 19.6. The second-order valence-corrected chi connectivity index (χ2v) is 6.69. The number of carbonyl (C=O) groups is 1. The van der Waals surface area contributed by atoms with Crippen LogP contribution in [0.15, 0.2) is 71.8 Å². The average molecular weight is 425 g/mol. The summed E-state index contributed by atoms with van der Waals surface area (Å²) in [6.45, 7) is 0.388. The zero-order chi connectivity index (χ0) is 21.3. The minimum Gasteiger partial charge on any atom is -0.497 e. The molecule has 0 spiro atoms. The number of halogens is 1. The van der Waals surface area contributed by atoms with E-state index < -0.39 is 0 Å². The molecule has 3 rings (SSSR count). The van der Waals surface area contributed by atoms with Gasteiger partial charge in [0.05, 0.1) is 20.4 Å². The van der Waals surface area contributed by atoms with Gasteiger partial charge in [0, 0.05) is 10.6 Å². The van der Waals surface area contributed by atoms with Crippen LogP contribution < -0.4 is 19.6 Å². The number of hydrazone groups is 1. The lowest BCUT2D eigenvalue weighted by Crippen LogP contribution is -2.17. The average Bonchev–Trinajstić information content (AvgIpc) is 2.79. The molecule has 154 valence electrons. The maximum absolute atomic E-state index is 12.1. The number of ether oxygens (including phenoxy) is 3. The van der Waals surface area contributed by atoms with Gasteiger partial charge < -0.3 is 14.2 Å². The maximum Gasteiger partial charge on any atom is 0.271 e. The van der Waals surface area contributed by atoms with E-state index in [4.69, 9.17) is 25.8 Å². The van der Waals surface area contributed by atoms with E-state index in [0.717, 1.165) is 11.1 Å². The summed E-state index contributed by atoms with van der Waals surface area (Å²) in [4.78, 5) is 12.1. The SMILES string of the molecule is COc1ccc(C(=O)NN=Cc2ccc(OCc3ccc(Cl)cc3)c(OC)c2)cc1. The van der Waals surface area contributed by atoms with E-state index in [1.165, 1.54) is 6.21 Å². The van der Waals surface area contributed by atoms with Crippen molar-refractivity contribution >= 4 is 23.7 Å². The Morgan fingerprint density at radius 2 is 1.70 bits per heavy atom. The van der Waals surface area contributed by atoms with Crippen LogP contribution in [0.4, 0.5) is 0 Å². The molecule has 0 aromatic heterocycles. The molecule has 0 bridgehead atoms. The molecule has 3 aromatic rings. The molecule has 0 saturated carbocycles. The molecule has 0 aliphatic rings. The first kappa shape index (κ1) is 21.2. The van der Waals surface area contributed by atoms with Crippen LogP contribution in [-0.2, 0) is 6.61 Å². The Morgan fingerprint density at radius 1 is 0.967 bits per heavy atom. The Hall–Kier alpha value is -3.51. The van der Waals surface area contributed by atoms with Gasteiger partial charge in [0.25, 0.3) is 5.91 Å². The number of carbonyl (C=O) groups excluding carboxylic acids is 1. The van der Waals surface area contributed by atoms with Crippen LogP contribution >= 0.6 is 11.6 Å². The van der Waals surface area contributed by atoms with E-state index in [1.54, 1.807) is 50.6 Å². The van der Waals surface area contributed by atoms with Gasteiger partial charge in [0.1, 0.15) is 12.4 Å². The summed E-state index contributed by atoms with van der Waals surface area (Å²) >= 11 is 5.90. The van der Waals surface area contributed by atoms with Gasteiger partial charge in [-0.1, -0.05) is 23.7 Å². The van der Waals surface area contributed by atoms with Crippen LogP contribution in [0.3, 0.4) is 0 Å². The van der Waals surface area contributed by atoms with Crippen molar-refractivity contribution in [3.05, 3.63) is 88.4 Å². The number of nitrogens with one attached hydrogen (secondary N) is 1. The number of benzene rings is 3. The number of nitrogens with zero attached hydrogens (tertiary/aromatic N) is 1. The Kier molecular flexibility index (Phi) is 7.29. The number of hydrogen-bond donors (Lipinski definition) is 1. The number of amides is 1. The lowest BCUT2D eigenvalue weighted by atomic mass is 10.2. The van der Waals surface area contributed by atoms with E-state index in [9.17, 15) is 4.79 Å². The zero-order valence-electron chi connectivity index (χ0n) is 16.6. The van der Waals surface area contributed by atoms with Crippen molar-refractivity contribution in [2.24, 2.45) is 5.10 Å². The smallest absolute Gasteiger partial charge is 0.271 e. The van der Waals surface area contributed by atoms with Crippen molar-refractivity contribution in [1.29, 1.82) is 0 Å². The molecule has 0 fully saturated rings. The fourth-order valence-electron chi connectivity index (χ4n) is 2.60. The Labute approximate surface area is 180 Å². The Morgan fingerprint density at radius 3 is 2.37 bits per heavy atom. The van der Waals surface area contributed by atoms with Gasteiger partial charge in [-0.2, -0.15) is 5.10 Å². The third-order valence-electron chi connectivity index (χ3n) is 4.23. The number of methoxy groups -OCH3 is 2. The van der Waals surface area contributed by atoms with Gasteiger partial charge in [-0.15, -0.1) is 0 Å². The van der Waals surface area contributed by atoms with Gasteiger partial charge >= 0.3 is 0 Å². The summed E-state index contributed by atoms with van der Waals surface area (Å²) < 4.78 is 16.3. The van der Waals surface area contributed by atoms with Crippen LogP contribution in [0.25, 0.3) is 0 Å². The van der Waals surface area contributed by atoms with Gasteiger partial charge in [0.15, 0.2) is 11.5 Å². The largest absolute Gasteiger partial charge is 0.497 e. The number of rotatable bonds is 8. The van der Waals surface area contributed by atoms with E-state index >= 15 is 0 Å². The summed E-state index contributed by atoms with van der Waals surface area (Å²) in [5, 5.41) is 4.68. The molecular formula is C23H21ClN2O4. The lowest BCUT2D eigenvalue weighted by Gasteiger charge is -2.11. The third kappa shape index (κ3) is 5.75. The van der Waals surface area contributed by atoms with E-state index in [-0.39, 0.29) is 5.91 Å². The summed E-state index contributed by atoms with van der Waals surface area (Å²) in [7, 11) is 3.14. The van der Waals surface area contributed by atoms with Gasteiger partial charge in [-0.3, -0.25) is 4.79 Å². The third-order valence-corrected chi connectivity index (χ3v) is 4.48. The lowest BCUT2D eigenvalue weighted by molar-refractivity contribution is 0.0955. The summed E-state index contributed by atoms with van der Waals surface area (Å²) in [5.74, 6) is 1.53. The standard InChI is InChI=1S/C23H21ClN2O4/c1-28-20-10-6-18(7-11-20)23(27)26-25-14-17-5-12-21(22(13-17)29-2)30-15-16-3-8-19(24)9-4-16/h3-14H,15H2,1-2H3,(H,26,27). The van der Waals surface area contributed by atoms with Crippen molar-refractivity contribution in [3.8, 4) is 17.2 Å². The van der Waals surface area contributed by atoms with Crippen molar-refractivity contribution in [1.82, 2.24) is 5.43 Å². The summed E-state index contributed by atoms with van der Waals surface area (Å²) in [6.07, 6.45) is 1.53. The highest BCUT2D eigenvalue weighted by Gasteiger charge is 2.07. The second-order valence-electron chi connectivity index (χ2n) is 6.25. The molecule has 0 aliphatic carbocycles. The molecule has 0 radical (unpaired) electrons. The predicted octanol–water partition coefficient (Wildman–Crippen LogP) is 4.70. The van der Waals surface area contributed by atoms with Gasteiger partial charge in [-0.05, 0) is 65.7 Å². The minimum absolute atomic E-state index is 0.316. The molecule has 0 unspecified atom stereocenters. The molecule has 30 heavy (non-hydrogen) atoms. The van der Waals surface area contributed by atoms with Crippen molar-refractivity contribution in [2.45, 2.75) is 6.61 Å². The first-order chi connectivity index (χ1) is 14.6. The number of hydrogen-bond acceptors (Lipinski definition) is 5. The van der Waals surface area contributed by atoms with Crippen LogP contribution in [-0.4, -0.2) is 26.3 Å². The predicted molar refractivity (Wildman–Crippen MR) is 117 cm³/mol. The topological polar surface area (TPSA) is 69.2 Å². The molecule has 0 heterocycles. The minimum atomic E-state index is -0.316. The molecule has 6 nitrogen and oxygen atoms in total. The molecule has 1 amide bonds. The Bertz CT molecular complexity index is 1020. The van der Waals surface area contributed by atoms with E-state index in [2.05, 4.69) is 10.5 Å². The van der Waals surface area contributed by atoms with Crippen molar-refractivity contribution in [3.63, 3.8) is 0 Å². The highest BCUT2D eigenvalue weighted by atomic mass is 35.5. The normalized spacial score (nSPS) is 10.6. The highest BCUT2D eigenvalue weighted by Crippen LogP contribution is 2.28. The summed E-state index contributed by atoms with van der Waals surface area (Å²) in [5.41, 5.74) is 4.72. The second kappa shape index (κ2) is 10.3. The molecule has 7 heteroatoms. The van der Waals surface area contributed by atoms with Gasteiger partial charge in [0.2, 0.25) is 0 Å². The van der Waals surface area contributed by atoms with E-state index in [1.807, 2.05) is 30.3 Å². The first-order valence-electron chi connectivity index (χ1n) is 9.12. The zero-order valence-corrected chi connectivity index (χ0v) is 17.3. The molecular weight excluding hydrogens is 404 g/mol. The fourth-order valence-corrected chi connectivity index (χ4v) is 2.72. The first-order valence-corrected chi connectivity index (χ1v) is 9.49. The van der Waals surface area contributed by atoms with Gasteiger partial charge in [-0.25, -0.2) is 5.43 Å². The molecule has 1 N–H and O–H groups in total.